The number of phenolic OH excluding ortho intramolecular Hbond substituents is 1. The third-order valence-electron chi connectivity index (χ3n) is 4.37. The van der Waals surface area contributed by atoms with Gasteiger partial charge in [0.2, 0.25) is 11.7 Å². The zero-order valence-electron chi connectivity index (χ0n) is 14.1. The zero-order chi connectivity index (χ0) is 18.0. The molecular formula is C19H20BrNO4. The van der Waals surface area contributed by atoms with Gasteiger partial charge < -0.3 is 19.9 Å². The van der Waals surface area contributed by atoms with Gasteiger partial charge in [-0.05, 0) is 53.8 Å². The first-order valence-electron chi connectivity index (χ1n) is 8.00. The maximum absolute atomic E-state index is 12.4. The molecule has 1 aliphatic carbocycles. The lowest BCUT2D eigenvalue weighted by atomic mass is 10.1. The van der Waals surface area contributed by atoms with E-state index in [0.717, 1.165) is 22.9 Å². The molecular weight excluding hydrogens is 386 g/mol. The van der Waals surface area contributed by atoms with Crippen LogP contribution in [-0.2, 0) is 24.1 Å². The Morgan fingerprint density at radius 3 is 2.44 bits per heavy atom. The summed E-state index contributed by atoms with van der Waals surface area (Å²) in [4.78, 5) is 12.4. The maximum Gasteiger partial charge on any atom is 0.224 e. The highest BCUT2D eigenvalue weighted by Gasteiger charge is 2.23. The molecule has 6 heteroatoms. The summed E-state index contributed by atoms with van der Waals surface area (Å²) in [6, 6.07) is 9.64. The first-order chi connectivity index (χ1) is 12.0. The number of hydrogen-bond donors (Lipinski definition) is 2. The molecule has 2 N–H and O–H groups in total. The fourth-order valence-electron chi connectivity index (χ4n) is 3.20. The number of rotatable bonds is 5. The average molecular weight is 406 g/mol. The minimum absolute atomic E-state index is 0.0633. The van der Waals surface area contributed by atoms with Gasteiger partial charge in [-0.1, -0.05) is 22.0 Å². The van der Waals surface area contributed by atoms with Crippen molar-refractivity contribution in [3.8, 4) is 17.2 Å². The van der Waals surface area contributed by atoms with Gasteiger partial charge in [0.05, 0.1) is 20.6 Å². The van der Waals surface area contributed by atoms with Crippen molar-refractivity contribution in [3.63, 3.8) is 0 Å². The summed E-state index contributed by atoms with van der Waals surface area (Å²) in [7, 11) is 2.93. The predicted molar refractivity (Wildman–Crippen MR) is 98.4 cm³/mol. The molecule has 1 unspecified atom stereocenters. The molecule has 2 aromatic carbocycles. The molecule has 0 fully saturated rings. The Balaban J connectivity index is 1.66. The highest BCUT2D eigenvalue weighted by atomic mass is 79.9. The molecule has 0 radical (unpaired) electrons. The van der Waals surface area contributed by atoms with E-state index in [1.165, 1.54) is 25.3 Å². The van der Waals surface area contributed by atoms with Gasteiger partial charge in [0, 0.05) is 10.5 Å². The summed E-state index contributed by atoms with van der Waals surface area (Å²) >= 11 is 3.48. The second kappa shape index (κ2) is 7.35. The van der Waals surface area contributed by atoms with Crippen LogP contribution in [0.5, 0.6) is 17.2 Å². The van der Waals surface area contributed by atoms with Crippen molar-refractivity contribution in [1.29, 1.82) is 0 Å². The van der Waals surface area contributed by atoms with Crippen molar-refractivity contribution in [2.75, 3.05) is 14.2 Å². The summed E-state index contributed by atoms with van der Waals surface area (Å²) in [6.45, 7) is 0. The average Bonchev–Trinajstić information content (AvgIpc) is 2.97. The highest BCUT2D eigenvalue weighted by Crippen LogP contribution is 2.37. The van der Waals surface area contributed by atoms with Crippen molar-refractivity contribution in [2.24, 2.45) is 0 Å². The molecule has 0 heterocycles. The molecule has 5 nitrogen and oxygen atoms in total. The van der Waals surface area contributed by atoms with E-state index in [4.69, 9.17) is 9.47 Å². The molecule has 1 amide bonds. The van der Waals surface area contributed by atoms with Gasteiger partial charge in [-0.25, -0.2) is 0 Å². The number of ether oxygens (including phenoxy) is 2. The predicted octanol–water partition coefficient (Wildman–Crippen LogP) is 3.00. The normalized spacial score (nSPS) is 15.6. The molecule has 0 spiro atoms. The topological polar surface area (TPSA) is 67.8 Å². The molecule has 132 valence electrons. The SMILES string of the molecule is COc1cc(CC(=O)NC2Cc3ccc(Br)cc3C2)cc(OC)c1O. The van der Waals surface area contributed by atoms with Crippen LogP contribution in [0.25, 0.3) is 0 Å². The number of carbonyl (C=O) groups is 1. The van der Waals surface area contributed by atoms with Crippen molar-refractivity contribution in [3.05, 3.63) is 51.5 Å². The molecule has 3 rings (SSSR count). The Morgan fingerprint density at radius 1 is 1.16 bits per heavy atom. The number of benzene rings is 2. The van der Waals surface area contributed by atoms with Gasteiger partial charge in [-0.2, -0.15) is 0 Å². The summed E-state index contributed by atoms with van der Waals surface area (Å²) in [5.74, 6) is 0.457. The molecule has 0 aliphatic heterocycles. The van der Waals surface area contributed by atoms with Crippen LogP contribution in [0.4, 0.5) is 0 Å². The van der Waals surface area contributed by atoms with Crippen LogP contribution in [0.1, 0.15) is 16.7 Å². The summed E-state index contributed by atoms with van der Waals surface area (Å²) in [6.07, 6.45) is 1.88. The van der Waals surface area contributed by atoms with Crippen molar-refractivity contribution in [1.82, 2.24) is 5.32 Å². The molecule has 0 aromatic heterocycles. The molecule has 25 heavy (non-hydrogen) atoms. The van der Waals surface area contributed by atoms with Crippen LogP contribution < -0.4 is 14.8 Å². The number of halogens is 1. The van der Waals surface area contributed by atoms with Gasteiger partial charge >= 0.3 is 0 Å². The van der Waals surface area contributed by atoms with Crippen LogP contribution >= 0.6 is 15.9 Å². The fourth-order valence-corrected chi connectivity index (χ4v) is 3.61. The number of amides is 1. The highest BCUT2D eigenvalue weighted by molar-refractivity contribution is 9.10. The molecule has 1 atom stereocenters. The van der Waals surface area contributed by atoms with Crippen LogP contribution in [0, 0.1) is 0 Å². The van der Waals surface area contributed by atoms with Gasteiger partial charge in [0.15, 0.2) is 11.5 Å². The van der Waals surface area contributed by atoms with Gasteiger partial charge in [0.1, 0.15) is 0 Å². The molecule has 0 saturated carbocycles. The number of fused-ring (bicyclic) bond motifs is 1. The second-order valence-electron chi connectivity index (χ2n) is 6.11. The number of aromatic hydroxyl groups is 1. The third kappa shape index (κ3) is 3.90. The smallest absolute Gasteiger partial charge is 0.224 e. The minimum Gasteiger partial charge on any atom is -0.502 e. The summed E-state index contributed by atoms with van der Waals surface area (Å²) < 4.78 is 11.3. The van der Waals surface area contributed by atoms with Crippen LogP contribution in [0.2, 0.25) is 0 Å². The van der Waals surface area contributed by atoms with Crippen molar-refractivity contribution >= 4 is 21.8 Å². The Morgan fingerprint density at radius 2 is 1.80 bits per heavy atom. The number of phenols is 1. The van der Waals surface area contributed by atoms with E-state index in [9.17, 15) is 9.90 Å². The zero-order valence-corrected chi connectivity index (χ0v) is 15.7. The van der Waals surface area contributed by atoms with E-state index in [1.54, 1.807) is 12.1 Å². The minimum atomic E-state index is -0.0639. The first kappa shape index (κ1) is 17.6. The van der Waals surface area contributed by atoms with E-state index in [2.05, 4.69) is 33.4 Å². The van der Waals surface area contributed by atoms with Crippen LogP contribution in [0.15, 0.2) is 34.8 Å². The van der Waals surface area contributed by atoms with Crippen LogP contribution in [-0.4, -0.2) is 31.3 Å². The quantitative estimate of drug-likeness (QED) is 0.801. The number of hydrogen-bond acceptors (Lipinski definition) is 4. The lowest BCUT2D eigenvalue weighted by molar-refractivity contribution is -0.121. The molecule has 2 aromatic rings. The van der Waals surface area contributed by atoms with E-state index in [0.29, 0.717) is 11.5 Å². The fraction of sp³-hybridized carbons (Fsp3) is 0.316. The third-order valence-corrected chi connectivity index (χ3v) is 4.86. The first-order valence-corrected chi connectivity index (χ1v) is 8.80. The van der Waals surface area contributed by atoms with Crippen molar-refractivity contribution < 1.29 is 19.4 Å². The van der Waals surface area contributed by atoms with Gasteiger partial charge in [-0.15, -0.1) is 0 Å². The Bertz CT molecular complexity index is 781. The molecule has 0 bridgehead atoms. The molecule has 1 aliphatic rings. The van der Waals surface area contributed by atoms with Crippen LogP contribution in [0.3, 0.4) is 0 Å². The van der Waals surface area contributed by atoms with E-state index in [-0.39, 0.29) is 24.1 Å². The lowest BCUT2D eigenvalue weighted by Gasteiger charge is -2.14. The monoisotopic (exact) mass is 405 g/mol. The largest absolute Gasteiger partial charge is 0.502 e. The lowest BCUT2D eigenvalue weighted by Crippen LogP contribution is -2.36. The van der Waals surface area contributed by atoms with E-state index in [1.807, 2.05) is 6.07 Å². The standard InChI is InChI=1S/C19H20BrNO4/c1-24-16-5-11(6-17(25-2)19(16)23)7-18(22)21-15-9-12-3-4-14(20)8-13(12)10-15/h3-6,8,15,23H,7,9-10H2,1-2H3,(H,21,22). The Kier molecular flexibility index (Phi) is 5.18. The van der Waals surface area contributed by atoms with Crippen molar-refractivity contribution in [2.45, 2.75) is 25.3 Å². The van der Waals surface area contributed by atoms with Gasteiger partial charge in [0.25, 0.3) is 0 Å². The Labute approximate surface area is 155 Å². The number of nitrogens with one attached hydrogen (secondary N) is 1. The number of carbonyl (C=O) groups excluding carboxylic acids is 1. The number of methoxy groups -OCH3 is 2. The Hall–Kier alpha value is -2.21. The van der Waals surface area contributed by atoms with Gasteiger partial charge in [-0.3, -0.25) is 4.79 Å². The second-order valence-corrected chi connectivity index (χ2v) is 7.03. The van der Waals surface area contributed by atoms with E-state index < -0.39 is 0 Å². The van der Waals surface area contributed by atoms with E-state index >= 15 is 0 Å². The maximum atomic E-state index is 12.4. The summed E-state index contributed by atoms with van der Waals surface area (Å²) in [5, 5.41) is 13.0. The summed E-state index contributed by atoms with van der Waals surface area (Å²) in [5.41, 5.74) is 3.27. The molecule has 0 saturated heterocycles.